The maximum atomic E-state index is 12.3. The van der Waals surface area contributed by atoms with Gasteiger partial charge in [0.25, 0.3) is 5.91 Å². The van der Waals surface area contributed by atoms with Gasteiger partial charge in [0.1, 0.15) is 6.04 Å². The number of halogens is 1. The second-order valence-corrected chi connectivity index (χ2v) is 8.76. The van der Waals surface area contributed by atoms with Gasteiger partial charge in [-0.2, -0.15) is 0 Å². The zero-order chi connectivity index (χ0) is 27.2. The van der Waals surface area contributed by atoms with Crippen molar-refractivity contribution >= 4 is 40.2 Å². The van der Waals surface area contributed by atoms with Crippen LogP contribution in [0.5, 0.6) is 0 Å². The number of benzene rings is 2. The van der Waals surface area contributed by atoms with E-state index in [1.165, 1.54) is 6.07 Å². The summed E-state index contributed by atoms with van der Waals surface area (Å²) in [6, 6.07) is 14.4. The molecule has 0 bridgehead atoms. The van der Waals surface area contributed by atoms with E-state index in [1.807, 2.05) is 24.3 Å². The topological polar surface area (TPSA) is 161 Å². The molecule has 9 nitrogen and oxygen atoms in total. The number of rotatable bonds is 7. The molecule has 1 atom stereocenters. The summed E-state index contributed by atoms with van der Waals surface area (Å²) in [5.41, 5.74) is 11.6. The Morgan fingerprint density at radius 2 is 1.82 bits per heavy atom. The third-order valence-electron chi connectivity index (χ3n) is 5.80. The lowest BCUT2D eigenvalue weighted by atomic mass is 10.0. The van der Waals surface area contributed by atoms with Crippen LogP contribution in [0.3, 0.4) is 0 Å². The quantitative estimate of drug-likeness (QED) is 0.0935. The molecule has 190 valence electrons. The zero-order valence-electron chi connectivity index (χ0n) is 19.9. The zero-order valence-corrected chi connectivity index (χ0v) is 20.7. The number of nitrogen functional groups attached to an aromatic ring is 1. The van der Waals surface area contributed by atoms with Crippen LogP contribution in [0.1, 0.15) is 44.7 Å². The number of nitrogens with two attached hydrogens (primary N) is 2. The summed E-state index contributed by atoms with van der Waals surface area (Å²) in [7, 11) is 0. The number of fused-ring (bicyclic) bond motifs is 1. The molecule has 2 heterocycles. The lowest BCUT2D eigenvalue weighted by molar-refractivity contribution is -0.138. The van der Waals surface area contributed by atoms with Gasteiger partial charge in [-0.15, -0.1) is 0 Å². The van der Waals surface area contributed by atoms with Gasteiger partial charge in [-0.1, -0.05) is 41.6 Å². The molecule has 2 aromatic carbocycles. The van der Waals surface area contributed by atoms with Gasteiger partial charge in [0.2, 0.25) is 0 Å². The van der Waals surface area contributed by atoms with Gasteiger partial charge < -0.3 is 10.8 Å². The molecule has 2 aromatic heterocycles. The van der Waals surface area contributed by atoms with E-state index in [0.29, 0.717) is 38.3 Å². The van der Waals surface area contributed by atoms with E-state index < -0.39 is 17.9 Å². The van der Waals surface area contributed by atoms with Gasteiger partial charge in [-0.25, -0.2) is 10.8 Å². The van der Waals surface area contributed by atoms with Crippen molar-refractivity contribution in [2.75, 3.05) is 0 Å². The first-order chi connectivity index (χ1) is 18.3. The van der Waals surface area contributed by atoms with Crippen LogP contribution < -0.4 is 17.0 Å². The monoisotopic (exact) mass is 527 g/mol. The van der Waals surface area contributed by atoms with Crippen molar-refractivity contribution in [1.82, 2.24) is 15.4 Å². The molecule has 0 radical (unpaired) electrons. The van der Waals surface area contributed by atoms with Crippen LogP contribution in [-0.4, -0.2) is 38.8 Å². The number of hydrogen-bond acceptors (Lipinski definition) is 7. The Labute approximate surface area is 222 Å². The summed E-state index contributed by atoms with van der Waals surface area (Å²) < 4.78 is 0. The number of hydrogen-bond donors (Lipinski definition) is 4. The van der Waals surface area contributed by atoms with Crippen LogP contribution in [0.25, 0.3) is 22.2 Å². The number of nitrogens with one attached hydrogen (secondary N) is 1. The maximum absolute atomic E-state index is 12.3. The van der Waals surface area contributed by atoms with Crippen molar-refractivity contribution in [3.63, 3.8) is 0 Å². The lowest BCUT2D eigenvalue weighted by Gasteiger charge is -2.08. The van der Waals surface area contributed by atoms with Gasteiger partial charge in [0.05, 0.1) is 21.8 Å². The van der Waals surface area contributed by atoms with Crippen LogP contribution in [-0.2, 0) is 4.79 Å². The average Bonchev–Trinajstić information content (AvgIpc) is 2.94. The fraction of sp³-hybridized carbons (Fsp3) is 0.107. The molecule has 0 spiro atoms. The summed E-state index contributed by atoms with van der Waals surface area (Å²) >= 11 is 6.33. The molecule has 38 heavy (non-hydrogen) atoms. The molecule has 1 unspecified atom stereocenters. The summed E-state index contributed by atoms with van der Waals surface area (Å²) in [6.07, 6.45) is 3.21. The SMILES string of the molecule is NNC(=O)c1cc(-c2ccc(C#Cc3ccc(C(=O)CCC(N)C(=O)O)cc3Cl)cc2)nc2ccncc12. The summed E-state index contributed by atoms with van der Waals surface area (Å²) in [6.45, 7) is 0. The van der Waals surface area contributed by atoms with E-state index in [1.54, 1.807) is 36.7 Å². The fourth-order valence-corrected chi connectivity index (χ4v) is 3.92. The highest BCUT2D eigenvalue weighted by atomic mass is 35.5. The Bertz CT molecular complexity index is 1610. The molecule has 6 N–H and O–H groups in total. The van der Waals surface area contributed by atoms with Crippen LogP contribution in [0.2, 0.25) is 5.02 Å². The number of Topliss-reactive ketones (excluding diaryl/α,β-unsaturated/α-hetero) is 1. The minimum absolute atomic E-state index is 0.00249. The lowest BCUT2D eigenvalue weighted by Crippen LogP contribution is -2.30. The standard InChI is InChI=1S/C28H22ClN5O4/c29-22-13-19(26(35)10-9-23(30)28(37)38)8-7-17(22)4-1-16-2-5-18(6-3-16)25-14-20(27(36)34-31)21-15-32-12-11-24(21)33-25/h2-3,5-8,11-15,23H,9-10,30-31H2,(H,34,36)(H,37,38). The Morgan fingerprint density at radius 3 is 2.50 bits per heavy atom. The number of aromatic nitrogens is 2. The molecule has 0 aliphatic rings. The highest BCUT2D eigenvalue weighted by molar-refractivity contribution is 6.32. The maximum Gasteiger partial charge on any atom is 0.320 e. The van der Waals surface area contributed by atoms with Crippen molar-refractivity contribution in [2.24, 2.45) is 11.6 Å². The first-order valence-electron chi connectivity index (χ1n) is 11.5. The van der Waals surface area contributed by atoms with Gasteiger partial charge in [0.15, 0.2) is 5.78 Å². The van der Waals surface area contributed by atoms with Gasteiger partial charge >= 0.3 is 5.97 Å². The predicted octanol–water partition coefficient (Wildman–Crippen LogP) is 3.33. The fourth-order valence-electron chi connectivity index (χ4n) is 3.69. The van der Waals surface area contributed by atoms with Crippen LogP contribution >= 0.6 is 11.6 Å². The van der Waals surface area contributed by atoms with Crippen LogP contribution in [0.15, 0.2) is 67.0 Å². The molecule has 0 saturated heterocycles. The third kappa shape index (κ3) is 6.02. The number of carbonyl (C=O) groups excluding carboxylic acids is 2. The second-order valence-electron chi connectivity index (χ2n) is 8.35. The van der Waals surface area contributed by atoms with Crippen molar-refractivity contribution in [3.8, 4) is 23.1 Å². The number of nitrogens with zero attached hydrogens (tertiary/aromatic N) is 2. The average molecular weight is 528 g/mol. The largest absolute Gasteiger partial charge is 0.480 e. The summed E-state index contributed by atoms with van der Waals surface area (Å²) in [4.78, 5) is 44.1. The van der Waals surface area contributed by atoms with E-state index in [9.17, 15) is 14.4 Å². The molecule has 10 heteroatoms. The van der Waals surface area contributed by atoms with Crippen molar-refractivity contribution in [1.29, 1.82) is 0 Å². The van der Waals surface area contributed by atoms with E-state index >= 15 is 0 Å². The van der Waals surface area contributed by atoms with Gasteiger partial charge in [-0.05, 0) is 42.8 Å². The van der Waals surface area contributed by atoms with Crippen LogP contribution in [0, 0.1) is 11.8 Å². The van der Waals surface area contributed by atoms with Crippen molar-refractivity contribution in [3.05, 3.63) is 94.3 Å². The van der Waals surface area contributed by atoms with E-state index in [4.69, 9.17) is 28.3 Å². The number of amides is 1. The summed E-state index contributed by atoms with van der Waals surface area (Å²) in [5, 5.41) is 9.76. The smallest absolute Gasteiger partial charge is 0.320 e. The van der Waals surface area contributed by atoms with Gasteiger partial charge in [0, 0.05) is 46.5 Å². The highest BCUT2D eigenvalue weighted by Crippen LogP contribution is 2.25. The second kappa shape index (κ2) is 11.6. The normalized spacial score (nSPS) is 11.3. The minimum atomic E-state index is -1.15. The number of hydrazine groups is 1. The Kier molecular flexibility index (Phi) is 8.09. The molecule has 0 aliphatic carbocycles. The molecule has 0 saturated carbocycles. The van der Waals surface area contributed by atoms with Crippen molar-refractivity contribution < 1.29 is 19.5 Å². The van der Waals surface area contributed by atoms with Gasteiger partial charge in [-0.3, -0.25) is 24.8 Å². The van der Waals surface area contributed by atoms with Crippen LogP contribution in [0.4, 0.5) is 0 Å². The number of pyridine rings is 2. The number of carboxylic acids is 1. The third-order valence-corrected chi connectivity index (χ3v) is 6.11. The molecular formula is C28H22ClN5O4. The van der Waals surface area contributed by atoms with E-state index in [0.717, 1.165) is 11.1 Å². The van der Waals surface area contributed by atoms with Crippen molar-refractivity contribution in [2.45, 2.75) is 18.9 Å². The number of aliphatic carboxylic acids is 1. The number of carbonyl (C=O) groups is 3. The first-order valence-corrected chi connectivity index (χ1v) is 11.8. The number of carboxylic acid groups (broad SMARTS) is 1. The molecule has 0 fully saturated rings. The molecular weight excluding hydrogens is 506 g/mol. The Balaban J connectivity index is 1.52. The molecule has 0 aliphatic heterocycles. The predicted molar refractivity (Wildman–Crippen MR) is 143 cm³/mol. The number of ketones is 1. The Morgan fingerprint density at radius 1 is 1.05 bits per heavy atom. The van der Waals surface area contributed by atoms with E-state index in [-0.39, 0.29) is 18.6 Å². The van der Waals surface area contributed by atoms with E-state index in [2.05, 4.69) is 27.2 Å². The highest BCUT2D eigenvalue weighted by Gasteiger charge is 2.16. The molecule has 1 amide bonds. The Hall–Kier alpha value is -4.62. The molecule has 4 rings (SSSR count). The first kappa shape index (κ1) is 26.4. The molecule has 4 aromatic rings. The minimum Gasteiger partial charge on any atom is -0.480 e. The summed E-state index contributed by atoms with van der Waals surface area (Å²) in [5.74, 6) is 9.55.